The minimum Gasteiger partial charge on any atom is -0.348 e. The van der Waals surface area contributed by atoms with E-state index in [2.05, 4.69) is 17.1 Å². The second-order valence-corrected chi connectivity index (χ2v) is 6.05. The number of thiazole rings is 1. The third kappa shape index (κ3) is 1.96. The standard InChI is InChI=1S/C12H19N3S/c1-9-3-2-6-15(8-9)12-14-10-4-5-13-7-11(10)16-12/h9,13H,2-8H2,1H3/t9-/m1/s1. The zero-order chi connectivity index (χ0) is 11.0. The summed E-state index contributed by atoms with van der Waals surface area (Å²) in [5, 5.41) is 4.68. The van der Waals surface area contributed by atoms with Crippen LogP contribution in [0.5, 0.6) is 0 Å². The quantitative estimate of drug-likeness (QED) is 0.810. The van der Waals surface area contributed by atoms with E-state index >= 15 is 0 Å². The SMILES string of the molecule is C[C@@H]1CCCN(c2nc3c(s2)CNCC3)C1. The minimum atomic E-state index is 0.827. The average molecular weight is 237 g/mol. The zero-order valence-corrected chi connectivity index (χ0v) is 10.6. The number of piperidine rings is 1. The molecule has 16 heavy (non-hydrogen) atoms. The summed E-state index contributed by atoms with van der Waals surface area (Å²) >= 11 is 1.90. The maximum atomic E-state index is 4.81. The van der Waals surface area contributed by atoms with Crippen LogP contribution >= 0.6 is 11.3 Å². The first-order valence-corrected chi connectivity index (χ1v) is 7.09. The fourth-order valence-electron chi connectivity index (χ4n) is 2.61. The first-order chi connectivity index (χ1) is 7.83. The third-order valence-electron chi connectivity index (χ3n) is 3.52. The van der Waals surface area contributed by atoms with Crippen LogP contribution in [0, 0.1) is 5.92 Å². The molecule has 0 unspecified atom stereocenters. The molecule has 0 spiro atoms. The lowest BCUT2D eigenvalue weighted by Crippen LogP contribution is -2.34. The van der Waals surface area contributed by atoms with Crippen LogP contribution in [0.2, 0.25) is 0 Å². The van der Waals surface area contributed by atoms with Crippen molar-refractivity contribution < 1.29 is 0 Å². The Morgan fingerprint density at radius 1 is 1.50 bits per heavy atom. The van der Waals surface area contributed by atoms with Crippen molar-refractivity contribution >= 4 is 16.5 Å². The number of anilines is 1. The lowest BCUT2D eigenvalue weighted by Gasteiger charge is -2.30. The molecule has 1 N–H and O–H groups in total. The molecule has 0 saturated carbocycles. The van der Waals surface area contributed by atoms with Crippen molar-refractivity contribution in [2.45, 2.75) is 32.7 Å². The van der Waals surface area contributed by atoms with E-state index in [1.807, 2.05) is 11.3 Å². The molecule has 3 rings (SSSR count). The summed E-state index contributed by atoms with van der Waals surface area (Å²) in [6, 6.07) is 0. The van der Waals surface area contributed by atoms with Gasteiger partial charge in [-0.3, -0.25) is 0 Å². The molecular formula is C12H19N3S. The number of nitrogens with one attached hydrogen (secondary N) is 1. The fourth-order valence-corrected chi connectivity index (χ4v) is 3.72. The van der Waals surface area contributed by atoms with Crippen molar-refractivity contribution in [2.75, 3.05) is 24.5 Å². The second kappa shape index (κ2) is 4.34. The lowest BCUT2D eigenvalue weighted by molar-refractivity contribution is 0.446. The summed E-state index contributed by atoms with van der Waals surface area (Å²) < 4.78 is 0. The van der Waals surface area contributed by atoms with Gasteiger partial charge in [-0.1, -0.05) is 6.92 Å². The van der Waals surface area contributed by atoms with Crippen LogP contribution in [-0.4, -0.2) is 24.6 Å². The van der Waals surface area contributed by atoms with Gasteiger partial charge >= 0.3 is 0 Å². The summed E-state index contributed by atoms with van der Waals surface area (Å²) in [4.78, 5) is 8.75. The molecule has 88 valence electrons. The Labute approximate surface area is 101 Å². The molecule has 0 aliphatic carbocycles. The number of nitrogens with zero attached hydrogens (tertiary/aromatic N) is 2. The average Bonchev–Trinajstić information content (AvgIpc) is 2.72. The highest BCUT2D eigenvalue weighted by molar-refractivity contribution is 7.15. The van der Waals surface area contributed by atoms with E-state index in [-0.39, 0.29) is 0 Å². The number of hydrogen-bond donors (Lipinski definition) is 1. The van der Waals surface area contributed by atoms with Crippen LogP contribution in [0.4, 0.5) is 5.13 Å². The van der Waals surface area contributed by atoms with Crippen molar-refractivity contribution in [1.29, 1.82) is 0 Å². The first-order valence-electron chi connectivity index (χ1n) is 6.27. The highest BCUT2D eigenvalue weighted by Crippen LogP contribution is 2.31. The van der Waals surface area contributed by atoms with E-state index in [1.165, 1.54) is 41.6 Å². The number of aromatic nitrogens is 1. The van der Waals surface area contributed by atoms with Gasteiger partial charge in [-0.05, 0) is 18.8 Å². The molecule has 0 amide bonds. The molecule has 1 fully saturated rings. The molecule has 3 nitrogen and oxygen atoms in total. The molecule has 1 saturated heterocycles. The Hall–Kier alpha value is -0.610. The summed E-state index contributed by atoms with van der Waals surface area (Å²) in [5.41, 5.74) is 1.34. The summed E-state index contributed by atoms with van der Waals surface area (Å²) in [7, 11) is 0. The number of hydrogen-bond acceptors (Lipinski definition) is 4. The molecule has 2 aliphatic rings. The van der Waals surface area contributed by atoms with Gasteiger partial charge in [-0.15, -0.1) is 11.3 Å². The van der Waals surface area contributed by atoms with Gasteiger partial charge in [0.2, 0.25) is 0 Å². The van der Waals surface area contributed by atoms with Gasteiger partial charge in [0.1, 0.15) is 0 Å². The third-order valence-corrected chi connectivity index (χ3v) is 4.68. The molecule has 0 aromatic carbocycles. The zero-order valence-electron chi connectivity index (χ0n) is 9.83. The van der Waals surface area contributed by atoms with Crippen LogP contribution in [0.25, 0.3) is 0 Å². The van der Waals surface area contributed by atoms with E-state index < -0.39 is 0 Å². The number of rotatable bonds is 1. The molecule has 0 radical (unpaired) electrons. The second-order valence-electron chi connectivity index (χ2n) is 4.99. The van der Waals surface area contributed by atoms with Gasteiger partial charge in [0, 0.05) is 37.5 Å². The van der Waals surface area contributed by atoms with Crippen molar-refractivity contribution in [1.82, 2.24) is 10.3 Å². The summed E-state index contributed by atoms with van der Waals surface area (Å²) in [5.74, 6) is 0.827. The van der Waals surface area contributed by atoms with Crippen LogP contribution in [-0.2, 0) is 13.0 Å². The predicted molar refractivity (Wildman–Crippen MR) is 68.1 cm³/mol. The summed E-state index contributed by atoms with van der Waals surface area (Å²) in [6.45, 7) is 6.86. The molecule has 3 heterocycles. The van der Waals surface area contributed by atoms with Crippen molar-refractivity contribution in [2.24, 2.45) is 5.92 Å². The monoisotopic (exact) mass is 237 g/mol. The van der Waals surface area contributed by atoms with Crippen molar-refractivity contribution in [3.05, 3.63) is 10.6 Å². The van der Waals surface area contributed by atoms with Crippen LogP contribution in [0.1, 0.15) is 30.3 Å². The Balaban J connectivity index is 1.80. The van der Waals surface area contributed by atoms with Gasteiger partial charge in [-0.25, -0.2) is 4.98 Å². The smallest absolute Gasteiger partial charge is 0.185 e. The molecule has 0 bridgehead atoms. The number of fused-ring (bicyclic) bond motifs is 1. The first kappa shape index (κ1) is 10.5. The van der Waals surface area contributed by atoms with Gasteiger partial charge < -0.3 is 10.2 Å². The molecular weight excluding hydrogens is 218 g/mol. The van der Waals surface area contributed by atoms with Crippen molar-refractivity contribution in [3.8, 4) is 0 Å². The Kier molecular flexibility index (Phi) is 2.86. The van der Waals surface area contributed by atoms with Crippen molar-refractivity contribution in [3.63, 3.8) is 0 Å². The van der Waals surface area contributed by atoms with E-state index in [0.717, 1.165) is 25.4 Å². The van der Waals surface area contributed by atoms with E-state index in [0.29, 0.717) is 0 Å². The fraction of sp³-hybridized carbons (Fsp3) is 0.750. The predicted octanol–water partition coefficient (Wildman–Crippen LogP) is 2.03. The van der Waals surface area contributed by atoms with Crippen LogP contribution < -0.4 is 10.2 Å². The normalized spacial score (nSPS) is 25.6. The van der Waals surface area contributed by atoms with Gasteiger partial charge in [0.05, 0.1) is 5.69 Å². The van der Waals surface area contributed by atoms with Gasteiger partial charge in [-0.2, -0.15) is 0 Å². The highest BCUT2D eigenvalue weighted by atomic mass is 32.1. The highest BCUT2D eigenvalue weighted by Gasteiger charge is 2.22. The van der Waals surface area contributed by atoms with Gasteiger partial charge in [0.15, 0.2) is 5.13 Å². The molecule has 2 aliphatic heterocycles. The van der Waals surface area contributed by atoms with E-state index in [9.17, 15) is 0 Å². The van der Waals surface area contributed by atoms with Gasteiger partial charge in [0.25, 0.3) is 0 Å². The summed E-state index contributed by atoms with van der Waals surface area (Å²) in [6.07, 6.45) is 3.81. The molecule has 4 heteroatoms. The Morgan fingerprint density at radius 2 is 2.44 bits per heavy atom. The van der Waals surface area contributed by atoms with E-state index in [1.54, 1.807) is 0 Å². The van der Waals surface area contributed by atoms with Crippen LogP contribution in [0.3, 0.4) is 0 Å². The lowest BCUT2D eigenvalue weighted by atomic mass is 10.0. The Bertz CT molecular complexity index is 351. The Morgan fingerprint density at radius 3 is 3.25 bits per heavy atom. The maximum absolute atomic E-state index is 4.81. The molecule has 1 aromatic rings. The maximum Gasteiger partial charge on any atom is 0.185 e. The topological polar surface area (TPSA) is 28.2 Å². The molecule has 1 atom stereocenters. The minimum absolute atomic E-state index is 0.827. The molecule has 1 aromatic heterocycles. The van der Waals surface area contributed by atoms with E-state index in [4.69, 9.17) is 4.98 Å². The largest absolute Gasteiger partial charge is 0.348 e. The van der Waals surface area contributed by atoms with Crippen LogP contribution in [0.15, 0.2) is 0 Å².